The molecule has 0 saturated carbocycles. The normalized spacial score (nSPS) is 7.33. The fourth-order valence-electron chi connectivity index (χ4n) is 0.232. The van der Waals surface area contributed by atoms with Crippen LogP contribution in [0.5, 0.6) is 0 Å². The van der Waals surface area contributed by atoms with E-state index in [0.717, 1.165) is 0 Å². The third-order valence-electron chi connectivity index (χ3n) is 0.660. The fraction of sp³-hybridized carbons (Fsp3) is 0.400. The largest absolute Gasteiger partial charge is 0.350 e. The molecule has 0 aromatic carbocycles. The number of nitrogens with two attached hydrogens (primary N) is 1. The van der Waals surface area contributed by atoms with Gasteiger partial charge in [-0.1, -0.05) is 5.92 Å². The highest BCUT2D eigenvalue weighted by Crippen LogP contribution is 1.75. The van der Waals surface area contributed by atoms with Crippen LogP contribution in [0, 0.1) is 11.8 Å². The number of carbonyl (C=O) groups is 1. The zero-order chi connectivity index (χ0) is 7.28. The van der Waals surface area contributed by atoms with Gasteiger partial charge in [0.2, 0.25) is 0 Å². The maximum Gasteiger partial charge on any atom is 0.339 e. The predicted octanol–water partition coefficient (Wildman–Crippen LogP) is -0.220. The number of urea groups is 1. The third kappa shape index (κ3) is 3.38. The highest BCUT2D eigenvalue weighted by atomic mass is 16.5. The fourth-order valence-corrected chi connectivity index (χ4v) is 0.232. The summed E-state index contributed by atoms with van der Waals surface area (Å²) in [5, 5.41) is 8.86. The van der Waals surface area contributed by atoms with Gasteiger partial charge in [0.1, 0.15) is 6.54 Å². The van der Waals surface area contributed by atoms with Crippen molar-refractivity contribution in [2.24, 2.45) is 5.73 Å². The quantitative estimate of drug-likeness (QED) is 0.291. The van der Waals surface area contributed by atoms with Gasteiger partial charge in [0.15, 0.2) is 0 Å². The number of carbonyl (C=O) groups excluding carboxylic acids is 1. The van der Waals surface area contributed by atoms with Crippen molar-refractivity contribution in [1.82, 2.24) is 5.06 Å². The van der Waals surface area contributed by atoms with Crippen LogP contribution in [0.25, 0.3) is 0 Å². The van der Waals surface area contributed by atoms with E-state index in [1.165, 1.54) is 0 Å². The van der Waals surface area contributed by atoms with Gasteiger partial charge in [-0.2, -0.15) is 5.06 Å². The van der Waals surface area contributed by atoms with E-state index < -0.39 is 6.03 Å². The Kier molecular flexibility index (Phi) is 3.25. The minimum atomic E-state index is -0.891. The van der Waals surface area contributed by atoms with E-state index in [9.17, 15) is 4.79 Å². The average molecular weight is 128 g/mol. The maximum atomic E-state index is 10.0. The van der Waals surface area contributed by atoms with Crippen molar-refractivity contribution >= 4 is 6.03 Å². The Balaban J connectivity index is 3.59. The van der Waals surface area contributed by atoms with Gasteiger partial charge in [0, 0.05) is 0 Å². The lowest BCUT2D eigenvalue weighted by Gasteiger charge is -2.05. The van der Waals surface area contributed by atoms with E-state index in [2.05, 4.69) is 17.6 Å². The van der Waals surface area contributed by atoms with Gasteiger partial charge < -0.3 is 5.73 Å². The molecule has 2 amide bonds. The number of primary amides is 1. The predicted molar refractivity (Wildman–Crippen MR) is 31.5 cm³/mol. The zero-order valence-electron chi connectivity index (χ0n) is 5.09. The van der Waals surface area contributed by atoms with Gasteiger partial charge in [-0.3, -0.25) is 5.21 Å². The van der Waals surface area contributed by atoms with Crippen molar-refractivity contribution < 1.29 is 10.0 Å². The average Bonchev–Trinajstić information content (AvgIpc) is 1.82. The first kappa shape index (κ1) is 7.79. The van der Waals surface area contributed by atoms with E-state index in [4.69, 9.17) is 5.21 Å². The van der Waals surface area contributed by atoms with Gasteiger partial charge in [-0.25, -0.2) is 4.79 Å². The summed E-state index contributed by atoms with van der Waals surface area (Å²) in [5.74, 6) is 4.95. The second-order valence-electron chi connectivity index (χ2n) is 1.32. The molecule has 0 unspecified atom stereocenters. The summed E-state index contributed by atoms with van der Waals surface area (Å²) in [4.78, 5) is 10.0. The van der Waals surface area contributed by atoms with Gasteiger partial charge in [0.25, 0.3) is 0 Å². The highest BCUT2D eigenvalue weighted by Gasteiger charge is 1.99. The summed E-state index contributed by atoms with van der Waals surface area (Å²) in [6.07, 6.45) is 0. The number of hydroxylamine groups is 2. The van der Waals surface area contributed by atoms with E-state index in [1.807, 2.05) is 0 Å². The van der Waals surface area contributed by atoms with Gasteiger partial charge in [-0.05, 0) is 6.92 Å². The molecule has 0 bridgehead atoms. The topological polar surface area (TPSA) is 66.6 Å². The molecule has 50 valence electrons. The number of rotatable bonds is 1. The molecule has 3 N–H and O–H groups in total. The lowest BCUT2D eigenvalue weighted by atomic mass is 10.6. The van der Waals surface area contributed by atoms with Crippen LogP contribution in [-0.4, -0.2) is 22.8 Å². The van der Waals surface area contributed by atoms with Gasteiger partial charge in [-0.15, -0.1) is 5.92 Å². The van der Waals surface area contributed by atoms with Crippen LogP contribution in [0.4, 0.5) is 4.79 Å². The Morgan fingerprint density at radius 3 is 2.78 bits per heavy atom. The molecule has 0 aliphatic rings. The Hall–Kier alpha value is -1.21. The van der Waals surface area contributed by atoms with Crippen molar-refractivity contribution in [3.8, 4) is 11.8 Å². The molecule has 4 nitrogen and oxygen atoms in total. The summed E-state index contributed by atoms with van der Waals surface area (Å²) in [6, 6.07) is -0.891. The Morgan fingerprint density at radius 1 is 1.89 bits per heavy atom. The van der Waals surface area contributed by atoms with Crippen molar-refractivity contribution in [2.75, 3.05) is 6.54 Å². The second kappa shape index (κ2) is 3.75. The van der Waals surface area contributed by atoms with E-state index >= 15 is 0 Å². The first-order valence-corrected chi connectivity index (χ1v) is 2.34. The van der Waals surface area contributed by atoms with Crippen LogP contribution in [0.15, 0.2) is 0 Å². The molecule has 4 heteroatoms. The summed E-state index contributed by atoms with van der Waals surface area (Å²) >= 11 is 0. The van der Waals surface area contributed by atoms with E-state index in [-0.39, 0.29) is 6.54 Å². The molecule has 0 aromatic rings. The van der Waals surface area contributed by atoms with Crippen molar-refractivity contribution in [3.63, 3.8) is 0 Å². The molecule has 0 fully saturated rings. The van der Waals surface area contributed by atoms with Crippen LogP contribution in [0.1, 0.15) is 6.92 Å². The Morgan fingerprint density at radius 2 is 2.44 bits per heavy atom. The van der Waals surface area contributed by atoms with E-state index in [0.29, 0.717) is 5.06 Å². The van der Waals surface area contributed by atoms with Crippen molar-refractivity contribution in [3.05, 3.63) is 0 Å². The summed E-state index contributed by atoms with van der Waals surface area (Å²) in [7, 11) is 0. The van der Waals surface area contributed by atoms with Gasteiger partial charge >= 0.3 is 6.03 Å². The minimum Gasteiger partial charge on any atom is -0.350 e. The lowest BCUT2D eigenvalue weighted by molar-refractivity contribution is -0.0269. The molecule has 0 radical (unpaired) electrons. The highest BCUT2D eigenvalue weighted by molar-refractivity contribution is 5.70. The molecule has 0 heterocycles. The van der Waals surface area contributed by atoms with Crippen LogP contribution >= 0.6 is 0 Å². The molecule has 0 aliphatic heterocycles. The number of hydrogen-bond acceptors (Lipinski definition) is 2. The first-order chi connectivity index (χ1) is 4.18. The number of amides is 2. The van der Waals surface area contributed by atoms with Crippen molar-refractivity contribution in [2.45, 2.75) is 6.92 Å². The molecule has 0 aliphatic carbocycles. The minimum absolute atomic E-state index is 0.0359. The summed E-state index contributed by atoms with van der Waals surface area (Å²) < 4.78 is 0. The van der Waals surface area contributed by atoms with Crippen LogP contribution in [0.3, 0.4) is 0 Å². The second-order valence-corrected chi connectivity index (χ2v) is 1.32. The maximum absolute atomic E-state index is 10.0. The molecule has 0 saturated heterocycles. The molecule has 0 spiro atoms. The smallest absolute Gasteiger partial charge is 0.339 e. The molecule has 9 heavy (non-hydrogen) atoms. The number of hydrogen-bond donors (Lipinski definition) is 2. The van der Waals surface area contributed by atoms with E-state index in [1.54, 1.807) is 6.92 Å². The SMILES string of the molecule is CC#CCN(O)C(N)=O. The Labute approximate surface area is 53.2 Å². The zero-order valence-corrected chi connectivity index (χ0v) is 5.09. The molecule has 0 rings (SSSR count). The van der Waals surface area contributed by atoms with Crippen LogP contribution < -0.4 is 5.73 Å². The molecule has 0 atom stereocenters. The van der Waals surface area contributed by atoms with Crippen molar-refractivity contribution in [1.29, 1.82) is 0 Å². The van der Waals surface area contributed by atoms with Gasteiger partial charge in [0.05, 0.1) is 0 Å². The molecule has 0 aromatic heterocycles. The third-order valence-corrected chi connectivity index (χ3v) is 0.660. The molecular formula is C5H8N2O2. The van der Waals surface area contributed by atoms with Crippen LogP contribution in [-0.2, 0) is 0 Å². The monoisotopic (exact) mass is 128 g/mol. The summed E-state index contributed by atoms with van der Waals surface area (Å²) in [5.41, 5.74) is 4.65. The number of nitrogens with zero attached hydrogens (tertiary/aromatic N) is 1. The standard InChI is InChI=1S/C5H8N2O2/c1-2-3-4-7(9)5(6)8/h9H,4H2,1H3,(H2,6,8). The lowest BCUT2D eigenvalue weighted by Crippen LogP contribution is -2.32. The Bertz CT molecular complexity index is 156. The summed E-state index contributed by atoms with van der Waals surface area (Å²) in [6.45, 7) is 1.57. The first-order valence-electron chi connectivity index (χ1n) is 2.34. The molecular weight excluding hydrogens is 120 g/mol. The van der Waals surface area contributed by atoms with Crippen LogP contribution in [0.2, 0.25) is 0 Å².